The van der Waals surface area contributed by atoms with Crippen molar-refractivity contribution in [2.24, 2.45) is 0 Å². The number of carboxylic acid groups (broad SMARTS) is 1. The predicted molar refractivity (Wildman–Crippen MR) is 73.7 cm³/mol. The van der Waals surface area contributed by atoms with E-state index in [0.29, 0.717) is 6.54 Å². The molecule has 7 heteroatoms. The van der Waals surface area contributed by atoms with Gasteiger partial charge in [-0.05, 0) is 19.1 Å². The highest BCUT2D eigenvalue weighted by Crippen LogP contribution is 2.18. The smallest absolute Gasteiger partial charge is 0.356 e. The van der Waals surface area contributed by atoms with E-state index in [-0.39, 0.29) is 23.5 Å². The molecule has 1 aromatic heterocycles. The van der Waals surface area contributed by atoms with E-state index in [1.807, 2.05) is 18.7 Å². The lowest BCUT2D eigenvalue weighted by atomic mass is 10.3. The van der Waals surface area contributed by atoms with E-state index in [9.17, 15) is 9.59 Å². The van der Waals surface area contributed by atoms with Crippen LogP contribution in [0.15, 0.2) is 18.3 Å². The first-order chi connectivity index (χ1) is 9.09. The molecule has 0 saturated carbocycles. The topological polar surface area (TPSA) is 82.5 Å². The van der Waals surface area contributed by atoms with Gasteiger partial charge in [0.1, 0.15) is 0 Å². The molecule has 1 aromatic rings. The number of nitrogens with one attached hydrogen (secondary N) is 1. The lowest BCUT2D eigenvalue weighted by Crippen LogP contribution is -2.46. The van der Waals surface area contributed by atoms with Crippen molar-refractivity contribution in [2.45, 2.75) is 13.0 Å². The molecule has 0 aromatic carbocycles. The van der Waals surface area contributed by atoms with Gasteiger partial charge in [-0.1, -0.05) is 0 Å². The van der Waals surface area contributed by atoms with Gasteiger partial charge >= 0.3 is 12.0 Å². The number of rotatable bonds is 2. The van der Waals surface area contributed by atoms with Gasteiger partial charge < -0.3 is 15.3 Å². The van der Waals surface area contributed by atoms with Gasteiger partial charge in [0, 0.05) is 30.3 Å². The number of carboxylic acids is 1. The maximum absolute atomic E-state index is 12.1. The number of pyridine rings is 1. The van der Waals surface area contributed by atoms with E-state index >= 15 is 0 Å². The summed E-state index contributed by atoms with van der Waals surface area (Å²) in [6.07, 6.45) is 1.39. The summed E-state index contributed by atoms with van der Waals surface area (Å²) in [6.45, 7) is 2.65. The summed E-state index contributed by atoms with van der Waals surface area (Å²) in [6, 6.07) is 3.00. The molecular weight excluding hydrogens is 266 g/mol. The van der Waals surface area contributed by atoms with Crippen molar-refractivity contribution in [3.63, 3.8) is 0 Å². The van der Waals surface area contributed by atoms with Crippen LogP contribution in [0.1, 0.15) is 17.4 Å². The first-order valence-corrected chi connectivity index (χ1v) is 7.08. The summed E-state index contributed by atoms with van der Waals surface area (Å²) in [4.78, 5) is 28.6. The van der Waals surface area contributed by atoms with Gasteiger partial charge in [0.15, 0.2) is 5.69 Å². The minimum absolute atomic E-state index is 0.142. The van der Waals surface area contributed by atoms with Crippen LogP contribution < -0.4 is 5.32 Å². The lowest BCUT2D eigenvalue weighted by Gasteiger charge is -2.33. The molecule has 1 aliphatic rings. The summed E-state index contributed by atoms with van der Waals surface area (Å²) >= 11 is 1.81. The number of anilines is 1. The van der Waals surface area contributed by atoms with E-state index in [4.69, 9.17) is 5.11 Å². The molecular formula is C12H15N3O3S. The SMILES string of the molecule is CC1CSCCN1C(=O)Nc1cccnc1C(=O)O. The molecule has 2 rings (SSSR count). The molecule has 0 radical (unpaired) electrons. The Bertz CT molecular complexity index is 495. The molecule has 0 aliphatic carbocycles. The Labute approximate surface area is 115 Å². The second kappa shape index (κ2) is 5.92. The minimum Gasteiger partial charge on any atom is -0.476 e. The van der Waals surface area contributed by atoms with Gasteiger partial charge in [0.2, 0.25) is 0 Å². The summed E-state index contributed by atoms with van der Waals surface area (Å²) in [5, 5.41) is 11.6. The molecule has 102 valence electrons. The van der Waals surface area contributed by atoms with Crippen molar-refractivity contribution < 1.29 is 14.7 Å². The fourth-order valence-electron chi connectivity index (χ4n) is 1.89. The summed E-state index contributed by atoms with van der Waals surface area (Å²) in [5.74, 6) is 0.640. The number of aromatic carboxylic acids is 1. The van der Waals surface area contributed by atoms with Gasteiger partial charge in [0.05, 0.1) is 5.69 Å². The molecule has 1 atom stereocenters. The Morgan fingerprint density at radius 1 is 1.58 bits per heavy atom. The van der Waals surface area contributed by atoms with Crippen LogP contribution in [0.2, 0.25) is 0 Å². The van der Waals surface area contributed by atoms with Gasteiger partial charge in [-0.3, -0.25) is 0 Å². The fourth-order valence-corrected chi connectivity index (χ4v) is 2.91. The number of carbonyl (C=O) groups excluding carboxylic acids is 1. The molecule has 19 heavy (non-hydrogen) atoms. The van der Waals surface area contributed by atoms with Gasteiger partial charge in [-0.25, -0.2) is 14.6 Å². The van der Waals surface area contributed by atoms with Crippen molar-refractivity contribution in [1.29, 1.82) is 0 Å². The quantitative estimate of drug-likeness (QED) is 0.863. The average Bonchev–Trinajstić information content (AvgIpc) is 2.39. The molecule has 2 heterocycles. The molecule has 1 aliphatic heterocycles. The molecule has 1 fully saturated rings. The van der Waals surface area contributed by atoms with Crippen LogP contribution in [0, 0.1) is 0 Å². The Morgan fingerprint density at radius 3 is 3.05 bits per heavy atom. The highest BCUT2D eigenvalue weighted by Gasteiger charge is 2.24. The van der Waals surface area contributed by atoms with Crippen LogP contribution in [0.5, 0.6) is 0 Å². The van der Waals surface area contributed by atoms with Crippen molar-refractivity contribution in [3.8, 4) is 0 Å². The van der Waals surface area contributed by atoms with Crippen LogP contribution in [-0.4, -0.2) is 51.1 Å². The molecule has 2 N–H and O–H groups in total. The summed E-state index contributed by atoms with van der Waals surface area (Å²) in [5.41, 5.74) is 0.0836. The average molecular weight is 281 g/mol. The summed E-state index contributed by atoms with van der Waals surface area (Å²) < 4.78 is 0. The van der Waals surface area contributed by atoms with Crippen molar-refractivity contribution >= 4 is 29.4 Å². The molecule has 1 saturated heterocycles. The second-order valence-electron chi connectivity index (χ2n) is 4.25. The molecule has 6 nitrogen and oxygen atoms in total. The normalized spacial score (nSPS) is 19.0. The van der Waals surface area contributed by atoms with Crippen LogP contribution >= 0.6 is 11.8 Å². The predicted octanol–water partition coefficient (Wildman–Crippen LogP) is 1.75. The van der Waals surface area contributed by atoms with Crippen LogP contribution in [0.3, 0.4) is 0 Å². The zero-order valence-electron chi connectivity index (χ0n) is 10.5. The number of amides is 2. The number of thioether (sulfide) groups is 1. The lowest BCUT2D eigenvalue weighted by molar-refractivity contribution is 0.0691. The van der Waals surface area contributed by atoms with Crippen LogP contribution in [0.25, 0.3) is 0 Å². The molecule has 0 bridgehead atoms. The van der Waals surface area contributed by atoms with E-state index in [0.717, 1.165) is 11.5 Å². The fraction of sp³-hybridized carbons (Fsp3) is 0.417. The monoisotopic (exact) mass is 281 g/mol. The van der Waals surface area contributed by atoms with E-state index in [1.54, 1.807) is 11.0 Å². The number of hydrogen-bond acceptors (Lipinski definition) is 4. The molecule has 2 amide bonds. The van der Waals surface area contributed by atoms with Gasteiger partial charge in [0.25, 0.3) is 0 Å². The van der Waals surface area contributed by atoms with E-state index < -0.39 is 5.97 Å². The van der Waals surface area contributed by atoms with Crippen molar-refractivity contribution in [3.05, 3.63) is 24.0 Å². The zero-order chi connectivity index (χ0) is 13.8. The largest absolute Gasteiger partial charge is 0.476 e. The maximum atomic E-state index is 12.1. The zero-order valence-corrected chi connectivity index (χ0v) is 11.3. The van der Waals surface area contributed by atoms with Crippen molar-refractivity contribution in [2.75, 3.05) is 23.4 Å². The molecule has 0 spiro atoms. The number of nitrogens with zero attached hydrogens (tertiary/aromatic N) is 2. The van der Waals surface area contributed by atoms with Crippen LogP contribution in [0.4, 0.5) is 10.5 Å². The van der Waals surface area contributed by atoms with Gasteiger partial charge in [-0.2, -0.15) is 11.8 Å². The highest BCUT2D eigenvalue weighted by molar-refractivity contribution is 7.99. The third-order valence-electron chi connectivity index (χ3n) is 2.88. The van der Waals surface area contributed by atoms with Crippen LogP contribution in [-0.2, 0) is 0 Å². The third-order valence-corrected chi connectivity index (χ3v) is 4.07. The minimum atomic E-state index is -1.15. The molecule has 1 unspecified atom stereocenters. The number of urea groups is 1. The Hall–Kier alpha value is -1.76. The van der Waals surface area contributed by atoms with E-state index in [2.05, 4.69) is 10.3 Å². The summed E-state index contributed by atoms with van der Waals surface area (Å²) in [7, 11) is 0. The third kappa shape index (κ3) is 3.17. The van der Waals surface area contributed by atoms with Crippen molar-refractivity contribution in [1.82, 2.24) is 9.88 Å². The highest BCUT2D eigenvalue weighted by atomic mass is 32.2. The number of hydrogen-bond donors (Lipinski definition) is 2. The number of carbonyl (C=O) groups is 2. The number of aromatic nitrogens is 1. The second-order valence-corrected chi connectivity index (χ2v) is 5.40. The van der Waals surface area contributed by atoms with E-state index in [1.165, 1.54) is 12.3 Å². The van der Waals surface area contributed by atoms with Gasteiger partial charge in [-0.15, -0.1) is 0 Å². The maximum Gasteiger partial charge on any atom is 0.356 e. The first kappa shape index (κ1) is 13.7. The first-order valence-electron chi connectivity index (χ1n) is 5.93. The standard InChI is InChI=1S/C12H15N3O3S/c1-8-7-19-6-5-15(8)12(18)14-9-3-2-4-13-10(9)11(16)17/h2-4,8H,5-7H2,1H3,(H,14,18)(H,16,17). The Morgan fingerprint density at radius 2 is 2.37 bits per heavy atom. The Kier molecular flexibility index (Phi) is 4.26. The Balaban J connectivity index is 2.12.